The third-order valence-corrected chi connectivity index (χ3v) is 4.94. The zero-order valence-electron chi connectivity index (χ0n) is 17.1. The second-order valence-electron chi connectivity index (χ2n) is 7.18. The van der Waals surface area contributed by atoms with E-state index in [4.69, 9.17) is 23.7 Å². The Morgan fingerprint density at radius 2 is 1.86 bits per heavy atom. The summed E-state index contributed by atoms with van der Waals surface area (Å²) in [7, 11) is 1.66. The van der Waals surface area contributed by atoms with E-state index in [0.717, 1.165) is 11.3 Å². The normalized spacial score (nSPS) is 18.0. The summed E-state index contributed by atoms with van der Waals surface area (Å²) in [5, 5.41) is 0. The average Bonchev–Trinajstić information content (AvgIpc) is 3.15. The van der Waals surface area contributed by atoms with Crippen molar-refractivity contribution in [3.8, 4) is 11.5 Å². The Balaban J connectivity index is 1.43. The average molecular weight is 408 g/mol. The highest BCUT2D eigenvalue weighted by atomic mass is 16.7. The SMILES string of the molecule is CC(OC(=O)CN1CCOCC1)OC(=O)N(C)C(C)Cc1ccc2c(c1)OCO2. The zero-order valence-corrected chi connectivity index (χ0v) is 17.1. The molecule has 0 N–H and O–H groups in total. The Morgan fingerprint density at radius 1 is 1.14 bits per heavy atom. The molecule has 29 heavy (non-hydrogen) atoms. The third kappa shape index (κ3) is 5.98. The maximum atomic E-state index is 12.4. The van der Waals surface area contributed by atoms with Crippen LogP contribution in [0.2, 0.25) is 0 Å². The van der Waals surface area contributed by atoms with Gasteiger partial charge in [0.25, 0.3) is 0 Å². The van der Waals surface area contributed by atoms with Gasteiger partial charge in [-0.2, -0.15) is 0 Å². The first-order valence-corrected chi connectivity index (χ1v) is 9.74. The number of hydrogen-bond donors (Lipinski definition) is 0. The van der Waals surface area contributed by atoms with E-state index in [2.05, 4.69) is 0 Å². The van der Waals surface area contributed by atoms with Gasteiger partial charge in [-0.1, -0.05) is 6.07 Å². The van der Waals surface area contributed by atoms with Crippen molar-refractivity contribution < 1.29 is 33.3 Å². The Bertz CT molecular complexity index is 721. The lowest BCUT2D eigenvalue weighted by Gasteiger charge is -2.27. The molecule has 9 heteroatoms. The molecule has 2 aliphatic heterocycles. The largest absolute Gasteiger partial charge is 0.454 e. The van der Waals surface area contributed by atoms with Crippen molar-refractivity contribution in [1.29, 1.82) is 0 Å². The Labute approximate surface area is 170 Å². The summed E-state index contributed by atoms with van der Waals surface area (Å²) in [6.07, 6.45) is -0.894. The van der Waals surface area contributed by atoms with Gasteiger partial charge in [0.15, 0.2) is 11.5 Å². The Morgan fingerprint density at radius 3 is 2.62 bits per heavy atom. The Hall–Kier alpha value is -2.52. The molecular formula is C20H28N2O7. The van der Waals surface area contributed by atoms with Crippen molar-refractivity contribution in [3.63, 3.8) is 0 Å². The molecule has 0 aromatic heterocycles. The van der Waals surface area contributed by atoms with Crippen molar-refractivity contribution in [2.75, 3.05) is 46.7 Å². The molecule has 2 unspecified atom stereocenters. The van der Waals surface area contributed by atoms with Crippen LogP contribution in [0.1, 0.15) is 19.4 Å². The van der Waals surface area contributed by atoms with Crippen LogP contribution in [0.3, 0.4) is 0 Å². The van der Waals surface area contributed by atoms with Crippen molar-refractivity contribution >= 4 is 12.1 Å². The van der Waals surface area contributed by atoms with Gasteiger partial charge in [-0.3, -0.25) is 9.69 Å². The lowest BCUT2D eigenvalue weighted by molar-refractivity contribution is -0.168. The van der Waals surface area contributed by atoms with Crippen molar-refractivity contribution in [1.82, 2.24) is 9.80 Å². The second kappa shape index (κ2) is 9.80. The predicted octanol–water partition coefficient (Wildman–Crippen LogP) is 1.64. The summed E-state index contributed by atoms with van der Waals surface area (Å²) in [4.78, 5) is 27.8. The maximum Gasteiger partial charge on any atom is 0.412 e. The number of amides is 1. The van der Waals surface area contributed by atoms with Crippen LogP contribution in [0.15, 0.2) is 18.2 Å². The molecule has 2 heterocycles. The predicted molar refractivity (Wildman–Crippen MR) is 103 cm³/mol. The van der Waals surface area contributed by atoms with Crippen LogP contribution in [0, 0.1) is 0 Å². The molecule has 1 fully saturated rings. The molecule has 1 saturated heterocycles. The first-order chi connectivity index (χ1) is 13.9. The van der Waals surface area contributed by atoms with Gasteiger partial charge < -0.3 is 28.6 Å². The summed E-state index contributed by atoms with van der Waals surface area (Å²) in [5.74, 6) is 1.01. The van der Waals surface area contributed by atoms with Gasteiger partial charge in [0.2, 0.25) is 13.1 Å². The number of ether oxygens (including phenoxy) is 5. The monoisotopic (exact) mass is 408 g/mol. The van der Waals surface area contributed by atoms with Crippen LogP contribution in [-0.4, -0.2) is 80.9 Å². The van der Waals surface area contributed by atoms with E-state index < -0.39 is 18.4 Å². The molecule has 0 spiro atoms. The number of hydrogen-bond acceptors (Lipinski definition) is 8. The molecule has 0 aliphatic carbocycles. The highest BCUT2D eigenvalue weighted by molar-refractivity contribution is 5.72. The second-order valence-corrected chi connectivity index (χ2v) is 7.18. The Kier molecular flexibility index (Phi) is 7.16. The van der Waals surface area contributed by atoms with E-state index in [1.54, 1.807) is 7.05 Å². The third-order valence-electron chi connectivity index (χ3n) is 4.94. The number of esters is 1. The highest BCUT2D eigenvalue weighted by Gasteiger charge is 2.23. The van der Waals surface area contributed by atoms with Gasteiger partial charge in [-0.15, -0.1) is 0 Å². The molecular weight excluding hydrogens is 380 g/mol. The van der Waals surface area contributed by atoms with Gasteiger partial charge in [0, 0.05) is 33.1 Å². The quantitative estimate of drug-likeness (QED) is 0.497. The van der Waals surface area contributed by atoms with Gasteiger partial charge in [0.1, 0.15) is 0 Å². The van der Waals surface area contributed by atoms with Crippen LogP contribution >= 0.6 is 0 Å². The van der Waals surface area contributed by atoms with E-state index in [0.29, 0.717) is 38.5 Å². The number of morpholine rings is 1. The molecule has 0 bridgehead atoms. The first-order valence-electron chi connectivity index (χ1n) is 9.74. The molecule has 2 atom stereocenters. The summed E-state index contributed by atoms with van der Waals surface area (Å²) in [6.45, 7) is 6.40. The maximum absolute atomic E-state index is 12.4. The van der Waals surface area contributed by atoms with E-state index in [1.165, 1.54) is 11.8 Å². The molecule has 0 saturated carbocycles. The van der Waals surface area contributed by atoms with Gasteiger partial charge in [-0.25, -0.2) is 4.79 Å². The highest BCUT2D eigenvalue weighted by Crippen LogP contribution is 2.33. The van der Waals surface area contributed by atoms with Crippen LogP contribution < -0.4 is 9.47 Å². The number of carbonyl (C=O) groups is 2. The van der Waals surface area contributed by atoms with Gasteiger partial charge >= 0.3 is 12.1 Å². The fraction of sp³-hybridized carbons (Fsp3) is 0.600. The number of carbonyl (C=O) groups excluding carboxylic acids is 2. The van der Waals surface area contributed by atoms with Gasteiger partial charge in [-0.05, 0) is 31.0 Å². The fourth-order valence-corrected chi connectivity index (χ4v) is 3.14. The standard InChI is InChI=1S/C20H28N2O7/c1-14(10-16-4-5-17-18(11-16)27-13-26-17)21(3)20(24)29-15(2)28-19(23)12-22-6-8-25-9-7-22/h4-5,11,14-15H,6-10,12-13H2,1-3H3. The summed E-state index contributed by atoms with van der Waals surface area (Å²) < 4.78 is 26.4. The minimum atomic E-state index is -0.962. The van der Waals surface area contributed by atoms with E-state index in [1.807, 2.05) is 30.0 Å². The van der Waals surface area contributed by atoms with Crippen LogP contribution in [-0.2, 0) is 25.4 Å². The molecule has 3 rings (SSSR count). The minimum Gasteiger partial charge on any atom is -0.454 e. The number of benzene rings is 1. The first kappa shape index (κ1) is 21.2. The molecule has 1 amide bonds. The smallest absolute Gasteiger partial charge is 0.412 e. The molecule has 9 nitrogen and oxygen atoms in total. The van der Waals surface area contributed by atoms with Crippen molar-refractivity contribution in [3.05, 3.63) is 23.8 Å². The molecule has 160 valence electrons. The number of likely N-dealkylation sites (N-methyl/N-ethyl adjacent to an activating group) is 1. The van der Waals surface area contributed by atoms with E-state index in [-0.39, 0.29) is 19.4 Å². The molecule has 1 aromatic rings. The molecule has 2 aliphatic rings. The minimum absolute atomic E-state index is 0.126. The number of nitrogens with zero attached hydrogens (tertiary/aromatic N) is 2. The molecule has 1 aromatic carbocycles. The summed E-state index contributed by atoms with van der Waals surface area (Å²) in [6, 6.07) is 5.59. The lowest BCUT2D eigenvalue weighted by Crippen LogP contribution is -2.42. The fourth-order valence-electron chi connectivity index (χ4n) is 3.14. The topological polar surface area (TPSA) is 86.8 Å². The van der Waals surface area contributed by atoms with Crippen LogP contribution in [0.5, 0.6) is 11.5 Å². The number of fused-ring (bicyclic) bond motifs is 1. The van der Waals surface area contributed by atoms with E-state index in [9.17, 15) is 9.59 Å². The summed E-state index contributed by atoms with van der Waals surface area (Å²) in [5.41, 5.74) is 1.02. The van der Waals surface area contributed by atoms with Crippen molar-refractivity contribution in [2.45, 2.75) is 32.6 Å². The lowest BCUT2D eigenvalue weighted by atomic mass is 10.1. The van der Waals surface area contributed by atoms with Crippen LogP contribution in [0.4, 0.5) is 4.79 Å². The zero-order chi connectivity index (χ0) is 20.8. The molecule has 0 radical (unpaired) electrons. The van der Waals surface area contributed by atoms with Gasteiger partial charge in [0.05, 0.1) is 19.8 Å². The number of rotatable bonds is 7. The van der Waals surface area contributed by atoms with E-state index >= 15 is 0 Å². The van der Waals surface area contributed by atoms with Crippen LogP contribution in [0.25, 0.3) is 0 Å². The summed E-state index contributed by atoms with van der Waals surface area (Å²) >= 11 is 0. The van der Waals surface area contributed by atoms with Crippen molar-refractivity contribution in [2.24, 2.45) is 0 Å².